The summed E-state index contributed by atoms with van der Waals surface area (Å²) >= 11 is 0. The molecule has 3 heteroatoms. The average molecular weight is 205 g/mol. The van der Waals surface area contributed by atoms with Crippen molar-refractivity contribution < 1.29 is 9.53 Å². The van der Waals surface area contributed by atoms with Gasteiger partial charge in [0.15, 0.2) is 0 Å². The summed E-state index contributed by atoms with van der Waals surface area (Å²) in [5.41, 5.74) is 2.53. The Labute approximate surface area is 89.7 Å². The molecule has 0 radical (unpaired) electrons. The van der Waals surface area contributed by atoms with Crippen LogP contribution in [0.5, 0.6) is 5.75 Å². The predicted octanol–water partition coefficient (Wildman–Crippen LogP) is 1.60. The molecule has 1 aromatic rings. The summed E-state index contributed by atoms with van der Waals surface area (Å²) < 4.78 is 5.17. The number of methoxy groups -OCH3 is 1. The average Bonchev–Trinajstić information content (AvgIpc) is 2.27. The van der Waals surface area contributed by atoms with Crippen molar-refractivity contribution in [2.45, 2.75) is 19.9 Å². The molecule has 1 aromatic carbocycles. The molecule has 0 unspecified atom stereocenters. The molecule has 0 N–H and O–H groups in total. The highest BCUT2D eigenvalue weighted by atomic mass is 16.5. The second-order valence-electron chi connectivity index (χ2n) is 3.83. The van der Waals surface area contributed by atoms with Crippen molar-refractivity contribution in [2.75, 3.05) is 13.7 Å². The molecule has 0 atom stereocenters. The van der Waals surface area contributed by atoms with Gasteiger partial charge < -0.3 is 9.64 Å². The maximum absolute atomic E-state index is 11.2. The molecular weight excluding hydrogens is 190 g/mol. The Balaban J connectivity index is 2.24. The molecule has 0 fully saturated rings. The van der Waals surface area contributed by atoms with Gasteiger partial charge in [0.1, 0.15) is 5.75 Å². The third kappa shape index (κ3) is 1.96. The Hall–Kier alpha value is -1.51. The number of benzene rings is 1. The molecule has 1 amide bonds. The number of hydrogen-bond acceptors (Lipinski definition) is 2. The van der Waals surface area contributed by atoms with Gasteiger partial charge in [-0.05, 0) is 29.7 Å². The number of hydrogen-bond donors (Lipinski definition) is 0. The number of fused-ring (bicyclic) bond motifs is 1. The monoisotopic (exact) mass is 205 g/mol. The summed E-state index contributed by atoms with van der Waals surface area (Å²) in [4.78, 5) is 13.1. The Morgan fingerprint density at radius 2 is 2.20 bits per heavy atom. The van der Waals surface area contributed by atoms with Crippen LogP contribution in [0.1, 0.15) is 18.1 Å². The van der Waals surface area contributed by atoms with E-state index in [2.05, 4.69) is 6.07 Å². The first kappa shape index (κ1) is 10.0. The lowest BCUT2D eigenvalue weighted by molar-refractivity contribution is -0.129. The number of amides is 1. The lowest BCUT2D eigenvalue weighted by atomic mass is 9.99. The zero-order valence-electron chi connectivity index (χ0n) is 9.12. The van der Waals surface area contributed by atoms with Crippen LogP contribution in [0.4, 0.5) is 0 Å². The second-order valence-corrected chi connectivity index (χ2v) is 3.83. The van der Waals surface area contributed by atoms with Gasteiger partial charge in [-0.25, -0.2) is 0 Å². The lowest BCUT2D eigenvalue weighted by Gasteiger charge is -2.28. The van der Waals surface area contributed by atoms with Crippen molar-refractivity contribution in [3.8, 4) is 5.75 Å². The summed E-state index contributed by atoms with van der Waals surface area (Å²) in [6.45, 7) is 3.17. The molecule has 0 spiro atoms. The normalized spacial score (nSPS) is 14.7. The molecule has 3 nitrogen and oxygen atoms in total. The number of carbonyl (C=O) groups excluding carboxylic acids is 1. The van der Waals surface area contributed by atoms with E-state index in [1.165, 1.54) is 11.1 Å². The third-order valence-electron chi connectivity index (χ3n) is 2.87. The van der Waals surface area contributed by atoms with Crippen LogP contribution >= 0.6 is 0 Å². The highest BCUT2D eigenvalue weighted by Gasteiger charge is 2.17. The maximum Gasteiger partial charge on any atom is 0.219 e. The van der Waals surface area contributed by atoms with Crippen molar-refractivity contribution in [3.63, 3.8) is 0 Å². The minimum Gasteiger partial charge on any atom is -0.497 e. The predicted molar refractivity (Wildman–Crippen MR) is 57.8 cm³/mol. The first-order valence-electron chi connectivity index (χ1n) is 5.12. The topological polar surface area (TPSA) is 29.5 Å². The molecule has 0 bridgehead atoms. The molecule has 1 heterocycles. The fourth-order valence-electron chi connectivity index (χ4n) is 1.93. The molecule has 1 aliphatic rings. The molecule has 2 rings (SSSR count). The Morgan fingerprint density at radius 3 is 2.87 bits per heavy atom. The van der Waals surface area contributed by atoms with E-state index in [-0.39, 0.29) is 5.91 Å². The standard InChI is InChI=1S/C12H15NO2/c1-9(14)13-6-5-10-7-12(15-2)4-3-11(10)8-13/h3-4,7H,5-6,8H2,1-2H3. The highest BCUT2D eigenvalue weighted by molar-refractivity contribution is 5.73. The molecule has 80 valence electrons. The molecule has 0 aromatic heterocycles. The Bertz CT molecular complexity index is 387. The van der Waals surface area contributed by atoms with Gasteiger partial charge in [0.2, 0.25) is 5.91 Å². The summed E-state index contributed by atoms with van der Waals surface area (Å²) in [6.07, 6.45) is 0.923. The molecule has 1 aliphatic heterocycles. The van der Waals surface area contributed by atoms with Crippen LogP contribution in [0.25, 0.3) is 0 Å². The summed E-state index contributed by atoms with van der Waals surface area (Å²) in [6, 6.07) is 6.05. The fraction of sp³-hybridized carbons (Fsp3) is 0.417. The smallest absolute Gasteiger partial charge is 0.219 e. The third-order valence-corrected chi connectivity index (χ3v) is 2.87. The molecule has 0 aliphatic carbocycles. The van der Waals surface area contributed by atoms with Gasteiger partial charge in [-0.2, -0.15) is 0 Å². The van der Waals surface area contributed by atoms with Crippen LogP contribution in [-0.2, 0) is 17.8 Å². The number of rotatable bonds is 1. The van der Waals surface area contributed by atoms with Gasteiger partial charge in [-0.1, -0.05) is 6.07 Å². The van der Waals surface area contributed by atoms with Gasteiger partial charge in [0.25, 0.3) is 0 Å². The minimum atomic E-state index is 0.150. The van der Waals surface area contributed by atoms with E-state index in [0.717, 1.165) is 25.3 Å². The van der Waals surface area contributed by atoms with Gasteiger partial charge in [-0.15, -0.1) is 0 Å². The van der Waals surface area contributed by atoms with E-state index >= 15 is 0 Å². The van der Waals surface area contributed by atoms with Crippen LogP contribution in [0.3, 0.4) is 0 Å². The van der Waals surface area contributed by atoms with Crippen LogP contribution < -0.4 is 4.74 Å². The van der Waals surface area contributed by atoms with Crippen LogP contribution in [0.2, 0.25) is 0 Å². The summed E-state index contributed by atoms with van der Waals surface area (Å²) in [5.74, 6) is 1.04. The molecule has 0 saturated heterocycles. The Morgan fingerprint density at radius 1 is 1.40 bits per heavy atom. The first-order chi connectivity index (χ1) is 7.20. The molecule has 0 saturated carbocycles. The van der Waals surface area contributed by atoms with Crippen molar-refractivity contribution in [1.29, 1.82) is 0 Å². The molecular formula is C12H15NO2. The largest absolute Gasteiger partial charge is 0.497 e. The summed E-state index contributed by atoms with van der Waals surface area (Å²) in [5, 5.41) is 0. The van der Waals surface area contributed by atoms with E-state index in [1.54, 1.807) is 14.0 Å². The van der Waals surface area contributed by atoms with Crippen molar-refractivity contribution >= 4 is 5.91 Å². The minimum absolute atomic E-state index is 0.150. The number of ether oxygens (including phenoxy) is 1. The number of nitrogens with zero attached hydrogens (tertiary/aromatic N) is 1. The van der Waals surface area contributed by atoms with E-state index in [1.807, 2.05) is 17.0 Å². The highest BCUT2D eigenvalue weighted by Crippen LogP contribution is 2.23. The zero-order valence-corrected chi connectivity index (χ0v) is 9.12. The van der Waals surface area contributed by atoms with E-state index < -0.39 is 0 Å². The van der Waals surface area contributed by atoms with Gasteiger partial charge >= 0.3 is 0 Å². The first-order valence-corrected chi connectivity index (χ1v) is 5.12. The quantitative estimate of drug-likeness (QED) is 0.697. The van der Waals surface area contributed by atoms with Crippen molar-refractivity contribution in [3.05, 3.63) is 29.3 Å². The van der Waals surface area contributed by atoms with Crippen LogP contribution in [0, 0.1) is 0 Å². The fourth-order valence-corrected chi connectivity index (χ4v) is 1.93. The summed E-state index contributed by atoms with van der Waals surface area (Å²) in [7, 11) is 1.67. The molecule has 15 heavy (non-hydrogen) atoms. The number of carbonyl (C=O) groups is 1. The second kappa shape index (κ2) is 3.93. The van der Waals surface area contributed by atoms with Crippen LogP contribution in [-0.4, -0.2) is 24.5 Å². The van der Waals surface area contributed by atoms with Gasteiger partial charge in [0.05, 0.1) is 7.11 Å². The van der Waals surface area contributed by atoms with Crippen LogP contribution in [0.15, 0.2) is 18.2 Å². The zero-order chi connectivity index (χ0) is 10.8. The van der Waals surface area contributed by atoms with E-state index in [4.69, 9.17) is 4.74 Å². The van der Waals surface area contributed by atoms with E-state index in [9.17, 15) is 4.79 Å². The van der Waals surface area contributed by atoms with Crippen molar-refractivity contribution in [2.24, 2.45) is 0 Å². The SMILES string of the molecule is COc1ccc2c(c1)CCN(C(C)=O)C2. The Kier molecular flexibility index (Phi) is 2.62. The van der Waals surface area contributed by atoms with E-state index in [0.29, 0.717) is 0 Å². The maximum atomic E-state index is 11.2. The van der Waals surface area contributed by atoms with Crippen molar-refractivity contribution in [1.82, 2.24) is 4.90 Å². The van der Waals surface area contributed by atoms with Gasteiger partial charge in [-0.3, -0.25) is 4.79 Å². The lowest BCUT2D eigenvalue weighted by Crippen LogP contribution is -2.34. The van der Waals surface area contributed by atoms with Gasteiger partial charge in [0, 0.05) is 20.0 Å².